The molecule has 29 heavy (non-hydrogen) atoms. The number of ether oxygens (including phenoxy) is 5. The lowest BCUT2D eigenvalue weighted by Crippen LogP contribution is -2.34. The van der Waals surface area contributed by atoms with Crippen LogP contribution in [-0.4, -0.2) is 84.2 Å². The predicted molar refractivity (Wildman–Crippen MR) is 123 cm³/mol. The number of hydrogen-bond acceptors (Lipinski definition) is 8. The number of carbonyl (C=O) groups is 1. The van der Waals surface area contributed by atoms with E-state index in [9.17, 15) is 9.90 Å². The number of aliphatic hydroxyl groups excluding tert-OH is 1. The van der Waals surface area contributed by atoms with Crippen LogP contribution in [0.5, 0.6) is 0 Å². The van der Waals surface area contributed by atoms with E-state index < -0.39 is 12.0 Å². The van der Waals surface area contributed by atoms with E-state index in [1.165, 1.54) is 0 Å². The molecule has 4 N–H and O–H groups in total. The molecule has 0 bridgehead atoms. The number of methoxy groups -OCH3 is 2. The van der Waals surface area contributed by atoms with E-state index in [1.54, 1.807) is 14.2 Å². The third-order valence-electron chi connectivity index (χ3n) is 2.88. The van der Waals surface area contributed by atoms with Gasteiger partial charge in [-0.3, -0.25) is 10.2 Å². The predicted octanol–water partition coefficient (Wildman–Crippen LogP) is 2.50. The molecule has 1 atom stereocenters. The van der Waals surface area contributed by atoms with Gasteiger partial charge < -0.3 is 28.8 Å². The molecule has 0 aromatic heterocycles. The van der Waals surface area contributed by atoms with Crippen molar-refractivity contribution in [1.29, 1.82) is 0 Å². The second kappa shape index (κ2) is 34.7. The van der Waals surface area contributed by atoms with E-state index in [2.05, 4.69) is 0 Å². The number of carbonyl (C=O) groups excluding carboxylic acids is 1. The summed E-state index contributed by atoms with van der Waals surface area (Å²) in [7, 11) is 3.21. The van der Waals surface area contributed by atoms with Gasteiger partial charge >= 0.3 is 0 Å². The standard InChI is InChI=1S/C14H30N2O7.6CH4/c1-19-3-5-21-8-12(9-22-6-4-20-2)7-13(17)10-23-11-14(18)16-15;;;;;;/h12-13,17H,3-11,15H2,1-2H3,(H,16,18);6*1H4. The minimum Gasteiger partial charge on any atom is -0.391 e. The Labute approximate surface area is 181 Å². The van der Waals surface area contributed by atoms with Crippen LogP contribution < -0.4 is 11.3 Å². The number of hydrogen-bond donors (Lipinski definition) is 3. The smallest absolute Gasteiger partial charge is 0.259 e. The maximum atomic E-state index is 10.9. The molecule has 1 amide bonds. The van der Waals surface area contributed by atoms with E-state index >= 15 is 0 Å². The maximum absolute atomic E-state index is 10.9. The lowest BCUT2D eigenvalue weighted by Gasteiger charge is -2.20. The quantitative estimate of drug-likeness (QED) is 0.147. The molecule has 0 aromatic carbocycles. The molecule has 0 fully saturated rings. The first kappa shape index (κ1) is 46.4. The van der Waals surface area contributed by atoms with Crippen molar-refractivity contribution < 1.29 is 33.6 Å². The summed E-state index contributed by atoms with van der Waals surface area (Å²) in [6, 6.07) is 0. The molecule has 0 aliphatic carbocycles. The molecule has 0 aliphatic rings. The lowest BCUT2D eigenvalue weighted by atomic mass is 10.0. The highest BCUT2D eigenvalue weighted by Gasteiger charge is 2.16. The fourth-order valence-corrected chi connectivity index (χ4v) is 1.75. The molecule has 0 saturated carbocycles. The molecule has 0 heterocycles. The summed E-state index contributed by atoms with van der Waals surface area (Å²) >= 11 is 0. The second-order valence-electron chi connectivity index (χ2n) is 4.97. The largest absolute Gasteiger partial charge is 0.391 e. The highest BCUT2D eigenvalue weighted by molar-refractivity contribution is 5.76. The van der Waals surface area contributed by atoms with Crippen LogP contribution in [0.1, 0.15) is 51.0 Å². The molecule has 186 valence electrons. The Bertz CT molecular complexity index is 274. The first-order chi connectivity index (χ1) is 11.1. The van der Waals surface area contributed by atoms with Crippen molar-refractivity contribution in [2.75, 3.05) is 67.1 Å². The SMILES string of the molecule is C.C.C.C.C.C.COCCOCC(COCCOC)CC(O)COCC(=O)NN. The fourth-order valence-electron chi connectivity index (χ4n) is 1.75. The third-order valence-corrected chi connectivity index (χ3v) is 2.88. The summed E-state index contributed by atoms with van der Waals surface area (Å²) in [5, 5.41) is 9.96. The van der Waals surface area contributed by atoms with Gasteiger partial charge in [-0.15, -0.1) is 0 Å². The average molecular weight is 435 g/mol. The van der Waals surface area contributed by atoms with Gasteiger partial charge in [0.1, 0.15) is 6.61 Å². The monoisotopic (exact) mass is 434 g/mol. The molecule has 0 radical (unpaired) electrons. The molecule has 0 rings (SSSR count). The Morgan fingerprint density at radius 1 is 0.828 bits per heavy atom. The number of rotatable bonds is 16. The summed E-state index contributed by atoms with van der Waals surface area (Å²) in [4.78, 5) is 10.9. The first-order valence-corrected chi connectivity index (χ1v) is 7.52. The van der Waals surface area contributed by atoms with Crippen LogP contribution in [0.2, 0.25) is 0 Å². The molecular weight excluding hydrogens is 380 g/mol. The molecule has 0 aliphatic heterocycles. The van der Waals surface area contributed by atoms with Crippen molar-refractivity contribution >= 4 is 5.91 Å². The minimum absolute atomic E-state index is 0. The highest BCUT2D eigenvalue weighted by atomic mass is 16.5. The van der Waals surface area contributed by atoms with Crippen molar-refractivity contribution in [2.45, 2.75) is 57.1 Å². The Morgan fingerprint density at radius 3 is 1.66 bits per heavy atom. The Balaban J connectivity index is -0.000000161. The number of hydrazine groups is 1. The van der Waals surface area contributed by atoms with E-state index in [-0.39, 0.29) is 63.7 Å². The number of nitrogens with two attached hydrogens (primary N) is 1. The first-order valence-electron chi connectivity index (χ1n) is 7.52. The van der Waals surface area contributed by atoms with Crippen LogP contribution in [0, 0.1) is 5.92 Å². The maximum Gasteiger partial charge on any atom is 0.259 e. The Hall–Kier alpha value is -0.810. The number of amides is 1. The van der Waals surface area contributed by atoms with Crippen molar-refractivity contribution in [1.82, 2.24) is 5.43 Å². The van der Waals surface area contributed by atoms with Gasteiger partial charge in [-0.05, 0) is 6.42 Å². The van der Waals surface area contributed by atoms with E-state index in [1.807, 2.05) is 5.43 Å². The van der Waals surface area contributed by atoms with Crippen LogP contribution >= 0.6 is 0 Å². The van der Waals surface area contributed by atoms with Gasteiger partial charge in [0.15, 0.2) is 0 Å². The zero-order chi connectivity index (χ0) is 17.3. The number of aliphatic hydroxyl groups is 1. The molecular formula is C20H54N2O7. The fraction of sp³-hybridized carbons (Fsp3) is 0.950. The van der Waals surface area contributed by atoms with Gasteiger partial charge in [0.2, 0.25) is 0 Å². The van der Waals surface area contributed by atoms with Gasteiger partial charge in [0, 0.05) is 20.1 Å². The van der Waals surface area contributed by atoms with E-state index in [0.717, 1.165) is 0 Å². The van der Waals surface area contributed by atoms with Gasteiger partial charge in [0.05, 0.1) is 52.4 Å². The van der Waals surface area contributed by atoms with E-state index in [0.29, 0.717) is 46.1 Å². The molecule has 0 saturated heterocycles. The third kappa shape index (κ3) is 32.1. The summed E-state index contributed by atoms with van der Waals surface area (Å²) in [5.41, 5.74) is 1.95. The van der Waals surface area contributed by atoms with Crippen molar-refractivity contribution in [3.63, 3.8) is 0 Å². The zero-order valence-electron chi connectivity index (χ0n) is 14.0. The van der Waals surface area contributed by atoms with Crippen LogP contribution in [0.25, 0.3) is 0 Å². The van der Waals surface area contributed by atoms with Crippen molar-refractivity contribution in [3.8, 4) is 0 Å². The van der Waals surface area contributed by atoms with Crippen LogP contribution in [0.4, 0.5) is 0 Å². The molecule has 9 nitrogen and oxygen atoms in total. The zero-order valence-corrected chi connectivity index (χ0v) is 14.0. The highest BCUT2D eigenvalue weighted by Crippen LogP contribution is 2.09. The molecule has 0 spiro atoms. The Morgan fingerprint density at radius 2 is 1.28 bits per heavy atom. The van der Waals surface area contributed by atoms with Gasteiger partial charge in [-0.25, -0.2) is 5.84 Å². The average Bonchev–Trinajstić information content (AvgIpc) is 2.55. The van der Waals surface area contributed by atoms with Crippen LogP contribution in [-0.2, 0) is 28.5 Å². The summed E-state index contributed by atoms with van der Waals surface area (Å²) < 4.78 is 25.9. The Kier molecular flexibility index (Phi) is 55.5. The second-order valence-corrected chi connectivity index (χ2v) is 4.97. The minimum atomic E-state index is -0.720. The van der Waals surface area contributed by atoms with Gasteiger partial charge in [0.25, 0.3) is 5.91 Å². The summed E-state index contributed by atoms with van der Waals surface area (Å²) in [6.45, 7) is 2.72. The van der Waals surface area contributed by atoms with Crippen molar-refractivity contribution in [3.05, 3.63) is 0 Å². The van der Waals surface area contributed by atoms with Crippen molar-refractivity contribution in [2.24, 2.45) is 11.8 Å². The molecule has 0 aromatic rings. The number of nitrogens with one attached hydrogen (secondary N) is 1. The molecule has 9 heteroatoms. The topological polar surface area (TPSA) is 122 Å². The summed E-state index contributed by atoms with van der Waals surface area (Å²) in [6.07, 6.45) is -0.285. The molecule has 1 unspecified atom stereocenters. The van der Waals surface area contributed by atoms with Crippen LogP contribution in [0.15, 0.2) is 0 Å². The normalized spacial score (nSPS) is 9.97. The summed E-state index contributed by atoms with van der Waals surface area (Å²) in [5.74, 6) is 4.49. The van der Waals surface area contributed by atoms with Crippen LogP contribution in [0.3, 0.4) is 0 Å². The van der Waals surface area contributed by atoms with Gasteiger partial charge in [-0.2, -0.15) is 0 Å². The van der Waals surface area contributed by atoms with Gasteiger partial charge in [-0.1, -0.05) is 44.6 Å². The lowest BCUT2D eigenvalue weighted by molar-refractivity contribution is -0.127. The van der Waals surface area contributed by atoms with E-state index in [4.69, 9.17) is 29.5 Å².